The molecule has 0 aliphatic carbocycles. The summed E-state index contributed by atoms with van der Waals surface area (Å²) in [6, 6.07) is 31.7. The van der Waals surface area contributed by atoms with Gasteiger partial charge >= 0.3 is 0 Å². The number of carbonyl (C=O) groups is 2. The first kappa shape index (κ1) is 24.9. The highest BCUT2D eigenvalue weighted by molar-refractivity contribution is 5.94. The standard InChI is InChI=1S/C31H29FN2O2/c32-27-14-8-13-26(21-27)31(36)33-20-19-25-12-5-7-16-29(25)28-15-6-4-11-24(28)17-18-30(35)34-22-23-9-2-1-3-10-23/h1-16,21H,17-20,22H2,(H,33,36)(H,34,35). The van der Waals surface area contributed by atoms with Gasteiger partial charge in [-0.3, -0.25) is 9.59 Å². The Labute approximate surface area is 211 Å². The maximum atomic E-state index is 13.4. The monoisotopic (exact) mass is 480 g/mol. The Hall–Kier alpha value is -4.25. The van der Waals surface area contributed by atoms with Crippen molar-refractivity contribution in [2.24, 2.45) is 0 Å². The van der Waals surface area contributed by atoms with E-state index in [9.17, 15) is 14.0 Å². The van der Waals surface area contributed by atoms with Crippen molar-refractivity contribution in [3.8, 4) is 11.1 Å². The molecular formula is C31H29FN2O2. The minimum absolute atomic E-state index is 0.0157. The summed E-state index contributed by atoms with van der Waals surface area (Å²) in [6.07, 6.45) is 1.65. The number of amides is 2. The number of carbonyl (C=O) groups excluding carboxylic acids is 2. The predicted molar refractivity (Wildman–Crippen MR) is 141 cm³/mol. The lowest BCUT2D eigenvalue weighted by Gasteiger charge is -2.15. The van der Waals surface area contributed by atoms with E-state index in [4.69, 9.17) is 0 Å². The summed E-state index contributed by atoms with van der Waals surface area (Å²) in [6.45, 7) is 0.946. The van der Waals surface area contributed by atoms with Crippen LogP contribution in [0, 0.1) is 5.82 Å². The van der Waals surface area contributed by atoms with Crippen molar-refractivity contribution in [1.82, 2.24) is 10.6 Å². The van der Waals surface area contributed by atoms with Crippen LogP contribution in [0.5, 0.6) is 0 Å². The molecule has 4 aromatic carbocycles. The van der Waals surface area contributed by atoms with E-state index in [1.165, 1.54) is 18.2 Å². The highest BCUT2D eigenvalue weighted by atomic mass is 19.1. The van der Waals surface area contributed by atoms with E-state index in [2.05, 4.69) is 28.8 Å². The molecule has 0 saturated carbocycles. The molecule has 0 aliphatic heterocycles. The van der Waals surface area contributed by atoms with Gasteiger partial charge in [-0.05, 0) is 58.9 Å². The van der Waals surface area contributed by atoms with E-state index in [1.807, 2.05) is 60.7 Å². The number of aryl methyl sites for hydroxylation is 1. The number of benzene rings is 4. The number of rotatable bonds is 10. The fourth-order valence-electron chi connectivity index (χ4n) is 4.18. The van der Waals surface area contributed by atoms with Crippen molar-refractivity contribution in [3.05, 3.63) is 131 Å². The van der Waals surface area contributed by atoms with Gasteiger partial charge in [0.05, 0.1) is 0 Å². The molecule has 36 heavy (non-hydrogen) atoms. The molecule has 182 valence electrons. The highest BCUT2D eigenvalue weighted by Gasteiger charge is 2.12. The maximum absolute atomic E-state index is 13.4. The van der Waals surface area contributed by atoms with Gasteiger partial charge in [0.2, 0.25) is 5.91 Å². The average Bonchev–Trinajstić information content (AvgIpc) is 2.92. The summed E-state index contributed by atoms with van der Waals surface area (Å²) in [4.78, 5) is 24.8. The minimum atomic E-state index is -0.432. The molecule has 0 unspecified atom stereocenters. The summed E-state index contributed by atoms with van der Waals surface area (Å²) in [5, 5.41) is 5.87. The second-order valence-electron chi connectivity index (χ2n) is 8.59. The van der Waals surface area contributed by atoms with Gasteiger partial charge in [-0.15, -0.1) is 0 Å². The summed E-state index contributed by atoms with van der Waals surface area (Å²) < 4.78 is 13.4. The quantitative estimate of drug-likeness (QED) is 0.305. The Morgan fingerprint density at radius 2 is 1.31 bits per heavy atom. The van der Waals surface area contributed by atoms with Crippen molar-refractivity contribution in [2.45, 2.75) is 25.8 Å². The third-order valence-electron chi connectivity index (χ3n) is 6.05. The Balaban J connectivity index is 1.38. The lowest BCUT2D eigenvalue weighted by atomic mass is 9.92. The van der Waals surface area contributed by atoms with Crippen molar-refractivity contribution in [1.29, 1.82) is 0 Å². The Bertz CT molecular complexity index is 1320. The van der Waals surface area contributed by atoms with E-state index in [1.54, 1.807) is 6.07 Å². The molecule has 0 bridgehead atoms. The molecule has 0 atom stereocenters. The zero-order chi connectivity index (χ0) is 25.2. The summed E-state index contributed by atoms with van der Waals surface area (Å²) in [5.41, 5.74) is 5.74. The molecule has 4 aromatic rings. The van der Waals surface area contributed by atoms with Crippen molar-refractivity contribution >= 4 is 11.8 Å². The fraction of sp³-hybridized carbons (Fsp3) is 0.161. The zero-order valence-electron chi connectivity index (χ0n) is 20.0. The van der Waals surface area contributed by atoms with E-state index in [0.29, 0.717) is 37.9 Å². The summed E-state index contributed by atoms with van der Waals surface area (Å²) in [5.74, 6) is -0.714. The molecular weight excluding hydrogens is 451 g/mol. The van der Waals surface area contributed by atoms with Gasteiger partial charge in [0.1, 0.15) is 5.82 Å². The topological polar surface area (TPSA) is 58.2 Å². The first-order valence-corrected chi connectivity index (χ1v) is 12.1. The van der Waals surface area contributed by atoms with Gasteiger partial charge in [0.15, 0.2) is 0 Å². The Morgan fingerprint density at radius 3 is 2.00 bits per heavy atom. The maximum Gasteiger partial charge on any atom is 0.251 e. The first-order chi connectivity index (χ1) is 17.6. The number of nitrogens with one attached hydrogen (secondary N) is 2. The molecule has 4 rings (SSSR count). The van der Waals surface area contributed by atoms with E-state index in [0.717, 1.165) is 27.8 Å². The summed E-state index contributed by atoms with van der Waals surface area (Å²) in [7, 11) is 0. The average molecular weight is 481 g/mol. The molecule has 0 aromatic heterocycles. The van der Waals surface area contributed by atoms with Gasteiger partial charge in [-0.25, -0.2) is 4.39 Å². The molecule has 2 N–H and O–H groups in total. The van der Waals surface area contributed by atoms with Gasteiger partial charge in [0, 0.05) is 25.1 Å². The van der Waals surface area contributed by atoms with Crippen molar-refractivity contribution in [3.63, 3.8) is 0 Å². The molecule has 0 saturated heterocycles. The van der Waals surface area contributed by atoms with Crippen LogP contribution in [0.3, 0.4) is 0 Å². The number of halogens is 1. The molecule has 0 fully saturated rings. The Kier molecular flexibility index (Phi) is 8.60. The van der Waals surface area contributed by atoms with Crippen molar-refractivity contribution in [2.75, 3.05) is 6.54 Å². The fourth-order valence-corrected chi connectivity index (χ4v) is 4.18. The second kappa shape index (κ2) is 12.5. The molecule has 0 spiro atoms. The van der Waals surface area contributed by atoms with E-state index in [-0.39, 0.29) is 11.8 Å². The van der Waals surface area contributed by atoms with Crippen LogP contribution in [0.15, 0.2) is 103 Å². The van der Waals surface area contributed by atoms with Gasteiger partial charge in [0.25, 0.3) is 5.91 Å². The molecule has 0 aliphatic rings. The Morgan fingerprint density at radius 1 is 0.667 bits per heavy atom. The SMILES string of the molecule is O=C(CCc1ccccc1-c1ccccc1CCNC(=O)c1cccc(F)c1)NCc1ccccc1. The predicted octanol–water partition coefficient (Wildman–Crippen LogP) is 5.71. The zero-order valence-corrected chi connectivity index (χ0v) is 20.0. The lowest BCUT2D eigenvalue weighted by Crippen LogP contribution is -2.25. The van der Waals surface area contributed by atoms with E-state index < -0.39 is 5.82 Å². The van der Waals surface area contributed by atoms with Crippen LogP contribution in [-0.4, -0.2) is 18.4 Å². The molecule has 4 nitrogen and oxygen atoms in total. The molecule has 2 amide bonds. The number of hydrogen-bond acceptors (Lipinski definition) is 2. The molecule has 5 heteroatoms. The largest absolute Gasteiger partial charge is 0.352 e. The van der Waals surface area contributed by atoms with E-state index >= 15 is 0 Å². The summed E-state index contributed by atoms with van der Waals surface area (Å²) >= 11 is 0. The highest BCUT2D eigenvalue weighted by Crippen LogP contribution is 2.28. The second-order valence-corrected chi connectivity index (χ2v) is 8.59. The smallest absolute Gasteiger partial charge is 0.251 e. The van der Waals surface area contributed by atoms with Gasteiger partial charge < -0.3 is 10.6 Å². The normalized spacial score (nSPS) is 10.6. The van der Waals surface area contributed by atoms with Crippen LogP contribution < -0.4 is 10.6 Å². The molecule has 0 heterocycles. The van der Waals surface area contributed by atoms with Crippen LogP contribution in [-0.2, 0) is 24.2 Å². The third kappa shape index (κ3) is 6.89. The van der Waals surface area contributed by atoms with Crippen molar-refractivity contribution < 1.29 is 14.0 Å². The third-order valence-corrected chi connectivity index (χ3v) is 6.05. The van der Waals surface area contributed by atoms with Crippen LogP contribution in [0.2, 0.25) is 0 Å². The lowest BCUT2D eigenvalue weighted by molar-refractivity contribution is -0.121. The van der Waals surface area contributed by atoms with Crippen LogP contribution in [0.25, 0.3) is 11.1 Å². The number of hydrogen-bond donors (Lipinski definition) is 2. The minimum Gasteiger partial charge on any atom is -0.352 e. The molecule has 0 radical (unpaired) electrons. The first-order valence-electron chi connectivity index (χ1n) is 12.1. The van der Waals surface area contributed by atoms with Crippen LogP contribution >= 0.6 is 0 Å². The van der Waals surface area contributed by atoms with Crippen LogP contribution in [0.1, 0.15) is 33.5 Å². The van der Waals surface area contributed by atoms with Crippen LogP contribution in [0.4, 0.5) is 4.39 Å². The van der Waals surface area contributed by atoms with Gasteiger partial charge in [-0.2, -0.15) is 0 Å². The van der Waals surface area contributed by atoms with Gasteiger partial charge in [-0.1, -0.05) is 84.9 Å².